The van der Waals surface area contributed by atoms with Gasteiger partial charge in [-0.25, -0.2) is 0 Å². The Balaban J connectivity index is 1.95. The zero-order valence-electron chi connectivity index (χ0n) is 12.6. The number of aryl methyl sites for hydroxylation is 1. The number of hydrogen-bond donors (Lipinski definition) is 2. The van der Waals surface area contributed by atoms with Crippen LogP contribution in [0.25, 0.3) is 0 Å². The highest BCUT2D eigenvalue weighted by atomic mass is 32.1. The van der Waals surface area contributed by atoms with Crippen LogP contribution in [0.4, 0.5) is 5.69 Å². The number of nitrogens with one attached hydrogen (secondary N) is 2. The third-order valence-corrected chi connectivity index (χ3v) is 4.08. The van der Waals surface area contributed by atoms with Crippen LogP contribution in [0.5, 0.6) is 0 Å². The highest BCUT2D eigenvalue weighted by molar-refractivity contribution is 7.11. The molecule has 4 nitrogen and oxygen atoms in total. The van der Waals surface area contributed by atoms with Crippen molar-refractivity contribution in [1.29, 1.82) is 0 Å². The van der Waals surface area contributed by atoms with Gasteiger partial charge >= 0.3 is 0 Å². The van der Waals surface area contributed by atoms with E-state index in [1.54, 1.807) is 23.6 Å². The average molecular weight is 303 g/mol. The van der Waals surface area contributed by atoms with Crippen LogP contribution < -0.4 is 10.6 Å². The lowest BCUT2D eigenvalue weighted by molar-refractivity contribution is 0.0935. The largest absolute Gasteiger partial charge is 0.385 e. The Morgan fingerprint density at radius 2 is 2.19 bits per heavy atom. The quantitative estimate of drug-likeness (QED) is 0.861. The fourth-order valence-corrected chi connectivity index (χ4v) is 3.13. The van der Waals surface area contributed by atoms with E-state index in [9.17, 15) is 4.79 Å². The summed E-state index contributed by atoms with van der Waals surface area (Å²) in [6, 6.07) is 7.95. The molecule has 0 spiro atoms. The fraction of sp³-hybridized carbons (Fsp3) is 0.375. The number of anilines is 1. The summed E-state index contributed by atoms with van der Waals surface area (Å²) in [7, 11) is 0. The van der Waals surface area contributed by atoms with Crippen molar-refractivity contribution >= 4 is 22.9 Å². The monoisotopic (exact) mass is 303 g/mol. The van der Waals surface area contributed by atoms with Crippen LogP contribution in [-0.4, -0.2) is 23.5 Å². The Kier molecular flexibility index (Phi) is 5.33. The molecule has 0 saturated carbocycles. The molecule has 0 aromatic carbocycles. The summed E-state index contributed by atoms with van der Waals surface area (Å²) < 4.78 is 0. The van der Waals surface area contributed by atoms with Gasteiger partial charge in [0.05, 0.1) is 0 Å². The normalized spacial score (nSPS) is 12.0. The van der Waals surface area contributed by atoms with Crippen molar-refractivity contribution in [3.8, 4) is 0 Å². The van der Waals surface area contributed by atoms with Crippen molar-refractivity contribution in [3.63, 3.8) is 0 Å². The summed E-state index contributed by atoms with van der Waals surface area (Å²) in [6.45, 7) is 6.94. The van der Waals surface area contributed by atoms with E-state index in [0.717, 1.165) is 18.7 Å². The average Bonchev–Trinajstić information content (AvgIpc) is 2.84. The van der Waals surface area contributed by atoms with E-state index in [2.05, 4.69) is 34.7 Å². The first kappa shape index (κ1) is 15.5. The number of carbonyl (C=O) groups excluding carboxylic acids is 1. The molecule has 21 heavy (non-hydrogen) atoms. The first-order chi connectivity index (χ1) is 10.1. The Hall–Kier alpha value is -1.88. The van der Waals surface area contributed by atoms with Crippen LogP contribution in [0.2, 0.25) is 0 Å². The van der Waals surface area contributed by atoms with E-state index >= 15 is 0 Å². The number of thiophene rings is 1. The molecular formula is C16H21N3OS. The Morgan fingerprint density at radius 3 is 2.86 bits per heavy atom. The van der Waals surface area contributed by atoms with Crippen molar-refractivity contribution in [3.05, 3.63) is 45.9 Å². The third kappa shape index (κ3) is 4.56. The van der Waals surface area contributed by atoms with Crippen LogP contribution in [0, 0.1) is 6.92 Å². The highest BCUT2D eigenvalue weighted by Crippen LogP contribution is 2.17. The molecule has 0 aliphatic heterocycles. The van der Waals surface area contributed by atoms with Gasteiger partial charge in [-0.2, -0.15) is 0 Å². The highest BCUT2D eigenvalue weighted by Gasteiger charge is 2.12. The number of nitrogens with zero attached hydrogens (tertiary/aromatic N) is 1. The summed E-state index contributed by atoms with van der Waals surface area (Å²) in [5.41, 5.74) is 1.36. The van der Waals surface area contributed by atoms with Crippen LogP contribution >= 0.6 is 11.3 Å². The van der Waals surface area contributed by atoms with E-state index in [1.807, 2.05) is 19.9 Å². The van der Waals surface area contributed by atoms with Gasteiger partial charge in [-0.15, -0.1) is 11.3 Å². The molecule has 2 N–H and O–H groups in total. The molecule has 2 aromatic heterocycles. The van der Waals surface area contributed by atoms with Gasteiger partial charge in [0.15, 0.2) is 0 Å². The van der Waals surface area contributed by atoms with E-state index in [4.69, 9.17) is 0 Å². The van der Waals surface area contributed by atoms with Crippen LogP contribution in [0.15, 0.2) is 30.5 Å². The topological polar surface area (TPSA) is 54.0 Å². The van der Waals surface area contributed by atoms with Gasteiger partial charge in [-0.05, 0) is 45.0 Å². The van der Waals surface area contributed by atoms with E-state index in [1.165, 1.54) is 9.75 Å². The maximum Gasteiger partial charge on any atom is 0.270 e. The number of hydrogen-bond acceptors (Lipinski definition) is 4. The summed E-state index contributed by atoms with van der Waals surface area (Å²) in [6.07, 6.45) is 2.50. The van der Waals surface area contributed by atoms with Crippen LogP contribution in [-0.2, 0) is 6.42 Å². The zero-order valence-corrected chi connectivity index (χ0v) is 13.5. The van der Waals surface area contributed by atoms with Crippen molar-refractivity contribution in [1.82, 2.24) is 10.3 Å². The van der Waals surface area contributed by atoms with Crippen LogP contribution in [0.1, 0.15) is 34.1 Å². The number of pyridine rings is 1. The van der Waals surface area contributed by atoms with Gasteiger partial charge in [0.25, 0.3) is 5.91 Å². The minimum absolute atomic E-state index is 0.0835. The molecule has 1 atom stereocenters. The molecule has 0 aliphatic carbocycles. The Bertz CT molecular complexity index is 609. The predicted octanol–water partition coefficient (Wildman–Crippen LogP) is 3.24. The minimum atomic E-state index is -0.129. The standard InChI is InChI=1S/C16H21N3OS/c1-4-17-13-7-8-18-15(10-13)16(20)19-11(2)9-14-6-5-12(3)21-14/h5-8,10-11H,4,9H2,1-3H3,(H,17,18)(H,19,20). The molecule has 1 unspecified atom stereocenters. The maximum atomic E-state index is 12.2. The third-order valence-electron chi connectivity index (χ3n) is 3.05. The SMILES string of the molecule is CCNc1ccnc(C(=O)NC(C)Cc2ccc(C)s2)c1. The molecule has 0 saturated heterocycles. The number of rotatable bonds is 6. The van der Waals surface area contributed by atoms with Gasteiger partial charge in [0.2, 0.25) is 0 Å². The summed E-state index contributed by atoms with van der Waals surface area (Å²) in [4.78, 5) is 18.9. The lowest BCUT2D eigenvalue weighted by atomic mass is 10.2. The molecule has 112 valence electrons. The first-order valence-corrected chi connectivity index (χ1v) is 7.96. The first-order valence-electron chi connectivity index (χ1n) is 7.14. The Morgan fingerprint density at radius 1 is 1.38 bits per heavy atom. The second-order valence-electron chi connectivity index (χ2n) is 5.05. The maximum absolute atomic E-state index is 12.2. The summed E-state index contributed by atoms with van der Waals surface area (Å²) in [5, 5.41) is 6.18. The number of amides is 1. The Labute approximate surface area is 129 Å². The second kappa shape index (κ2) is 7.22. The molecule has 0 fully saturated rings. The van der Waals surface area contributed by atoms with Crippen molar-refractivity contribution < 1.29 is 4.79 Å². The van der Waals surface area contributed by atoms with Crippen LogP contribution in [0.3, 0.4) is 0 Å². The number of carbonyl (C=O) groups is 1. The molecule has 2 heterocycles. The van der Waals surface area contributed by atoms with Gasteiger partial charge in [-0.3, -0.25) is 9.78 Å². The lowest BCUT2D eigenvalue weighted by Gasteiger charge is -2.13. The second-order valence-corrected chi connectivity index (χ2v) is 6.42. The minimum Gasteiger partial charge on any atom is -0.385 e. The predicted molar refractivity (Wildman–Crippen MR) is 88.1 cm³/mol. The van der Waals surface area contributed by atoms with Gasteiger partial charge in [0.1, 0.15) is 5.69 Å². The van der Waals surface area contributed by atoms with Gasteiger partial charge < -0.3 is 10.6 Å². The zero-order chi connectivity index (χ0) is 15.2. The summed E-state index contributed by atoms with van der Waals surface area (Å²) >= 11 is 1.77. The molecular weight excluding hydrogens is 282 g/mol. The fourth-order valence-electron chi connectivity index (χ4n) is 2.11. The van der Waals surface area contributed by atoms with E-state index in [0.29, 0.717) is 5.69 Å². The van der Waals surface area contributed by atoms with Crippen molar-refractivity contribution in [2.45, 2.75) is 33.2 Å². The van der Waals surface area contributed by atoms with Gasteiger partial charge in [0, 0.05) is 40.6 Å². The summed E-state index contributed by atoms with van der Waals surface area (Å²) in [5.74, 6) is -0.129. The van der Waals surface area contributed by atoms with Gasteiger partial charge in [-0.1, -0.05) is 0 Å². The van der Waals surface area contributed by atoms with Crippen molar-refractivity contribution in [2.75, 3.05) is 11.9 Å². The molecule has 1 amide bonds. The smallest absolute Gasteiger partial charge is 0.270 e. The van der Waals surface area contributed by atoms with E-state index < -0.39 is 0 Å². The molecule has 2 aromatic rings. The molecule has 5 heteroatoms. The van der Waals surface area contributed by atoms with Crippen molar-refractivity contribution in [2.24, 2.45) is 0 Å². The molecule has 2 rings (SSSR count). The molecule has 0 bridgehead atoms. The number of aromatic nitrogens is 1. The molecule has 0 radical (unpaired) electrons. The lowest BCUT2D eigenvalue weighted by Crippen LogP contribution is -2.34. The van der Waals surface area contributed by atoms with E-state index in [-0.39, 0.29) is 11.9 Å². The molecule has 0 aliphatic rings.